The fourth-order valence-electron chi connectivity index (χ4n) is 5.11. The van der Waals surface area contributed by atoms with Crippen LogP contribution in [0.5, 0.6) is 0 Å². The summed E-state index contributed by atoms with van der Waals surface area (Å²) >= 11 is 7.57. The lowest BCUT2D eigenvalue weighted by Crippen LogP contribution is -2.63. The number of nitrogens with two attached hydrogens (primary N) is 1. The van der Waals surface area contributed by atoms with Gasteiger partial charge in [0.15, 0.2) is 0 Å². The van der Waals surface area contributed by atoms with Crippen molar-refractivity contribution >= 4 is 41.0 Å². The van der Waals surface area contributed by atoms with Gasteiger partial charge in [-0.05, 0) is 98.4 Å². The second kappa shape index (κ2) is 13.0. The number of nitrogens with one attached hydrogen (secondary N) is 2. The highest BCUT2D eigenvalue weighted by atomic mass is 35.5. The Labute approximate surface area is 246 Å². The van der Waals surface area contributed by atoms with Crippen LogP contribution in [0, 0.1) is 0 Å². The van der Waals surface area contributed by atoms with E-state index in [9.17, 15) is 18.0 Å². The summed E-state index contributed by atoms with van der Waals surface area (Å²) in [5.74, 6) is 0.101. The van der Waals surface area contributed by atoms with Crippen LogP contribution >= 0.6 is 23.5 Å². The number of hydrogen-bond donors (Lipinski definition) is 3. The number of anilines is 2. The summed E-state index contributed by atoms with van der Waals surface area (Å²) in [7, 11) is 0. The van der Waals surface area contributed by atoms with Crippen LogP contribution in [0.4, 0.5) is 24.7 Å². The number of alkyl halides is 3. The van der Waals surface area contributed by atoms with Crippen LogP contribution in [-0.4, -0.2) is 53.5 Å². The first-order chi connectivity index (χ1) is 19.7. The van der Waals surface area contributed by atoms with E-state index in [4.69, 9.17) is 17.3 Å². The van der Waals surface area contributed by atoms with E-state index in [1.807, 2.05) is 47.4 Å². The van der Waals surface area contributed by atoms with Crippen LogP contribution in [0.2, 0.25) is 5.15 Å². The molecule has 7 nitrogen and oxygen atoms in total. The van der Waals surface area contributed by atoms with Gasteiger partial charge in [-0.15, -0.1) is 0 Å². The number of carbonyl (C=O) groups is 1. The molecule has 1 saturated heterocycles. The lowest BCUT2D eigenvalue weighted by Gasteiger charge is -2.53. The molecule has 0 spiro atoms. The Kier molecular flexibility index (Phi) is 9.40. The maximum absolute atomic E-state index is 13.3. The molecule has 1 amide bonds. The number of fused-ring (bicyclic) bond motifs is 1. The van der Waals surface area contributed by atoms with Crippen molar-refractivity contribution in [2.24, 2.45) is 5.73 Å². The van der Waals surface area contributed by atoms with Crippen LogP contribution in [0.25, 0.3) is 0 Å². The van der Waals surface area contributed by atoms with Gasteiger partial charge >= 0.3 is 6.18 Å². The standard InChI is InChI=1S/C29H32ClF3N6OS/c30-26-16-21(29(31,32)33)17-27(37-26)38-13-14-39(25-10-9-24(25)38)41-23-7-5-22(6-8-23)36-28(40)20-4-1-3-19(15-20)18-35-12-2-11-34/h1,3-8,15-17,24-25,35H,2,9-14,18,34H2,(H,36,40). The van der Waals surface area contributed by atoms with Gasteiger partial charge in [-0.2, -0.15) is 13.2 Å². The topological polar surface area (TPSA) is 86.5 Å². The fourth-order valence-corrected chi connectivity index (χ4v) is 6.40. The molecule has 2 atom stereocenters. The Morgan fingerprint density at radius 3 is 2.56 bits per heavy atom. The zero-order chi connectivity index (χ0) is 29.0. The molecule has 4 N–H and O–H groups in total. The van der Waals surface area contributed by atoms with Crippen molar-refractivity contribution in [2.75, 3.05) is 36.4 Å². The first-order valence-corrected chi connectivity index (χ1v) is 14.7. The SMILES string of the molecule is NCCCNCc1cccc(C(=O)Nc2ccc(SN3CCN(c4cc(C(F)(F)F)cc(Cl)n4)C4CCC43)cc2)c1. The van der Waals surface area contributed by atoms with Gasteiger partial charge in [0, 0.05) is 47.9 Å². The molecule has 0 bridgehead atoms. The number of halogens is 4. The molecule has 12 heteroatoms. The second-order valence-electron chi connectivity index (χ2n) is 10.2. The predicted octanol–water partition coefficient (Wildman–Crippen LogP) is 5.80. The van der Waals surface area contributed by atoms with Gasteiger partial charge < -0.3 is 21.3 Å². The largest absolute Gasteiger partial charge is 0.416 e. The zero-order valence-corrected chi connectivity index (χ0v) is 23.9. The van der Waals surface area contributed by atoms with Crippen LogP contribution in [0.3, 0.4) is 0 Å². The van der Waals surface area contributed by atoms with E-state index in [0.717, 1.165) is 48.4 Å². The molecular formula is C29H32ClF3N6OS. The Bertz CT molecular complexity index is 1360. The van der Waals surface area contributed by atoms with Crippen molar-refractivity contribution in [3.63, 3.8) is 0 Å². The molecular weight excluding hydrogens is 573 g/mol. The molecule has 218 valence electrons. The highest BCUT2D eigenvalue weighted by molar-refractivity contribution is 7.97. The summed E-state index contributed by atoms with van der Waals surface area (Å²) in [5.41, 5.74) is 7.06. The monoisotopic (exact) mass is 604 g/mol. The molecule has 1 aromatic heterocycles. The lowest BCUT2D eigenvalue weighted by atomic mass is 9.83. The molecule has 2 fully saturated rings. The third kappa shape index (κ3) is 7.34. The highest BCUT2D eigenvalue weighted by Crippen LogP contribution is 2.42. The zero-order valence-electron chi connectivity index (χ0n) is 22.3. The summed E-state index contributed by atoms with van der Waals surface area (Å²) in [6, 6.07) is 17.4. The van der Waals surface area contributed by atoms with Crippen molar-refractivity contribution in [1.29, 1.82) is 0 Å². The van der Waals surface area contributed by atoms with Gasteiger partial charge in [-0.25, -0.2) is 9.29 Å². The van der Waals surface area contributed by atoms with E-state index in [1.165, 1.54) is 0 Å². The van der Waals surface area contributed by atoms with Gasteiger partial charge in [-0.1, -0.05) is 23.7 Å². The average molecular weight is 605 g/mol. The maximum atomic E-state index is 13.3. The van der Waals surface area contributed by atoms with Gasteiger partial charge in [-0.3, -0.25) is 4.79 Å². The van der Waals surface area contributed by atoms with Crippen LogP contribution < -0.4 is 21.3 Å². The Morgan fingerprint density at radius 2 is 1.85 bits per heavy atom. The Hall–Kier alpha value is -2.83. The Morgan fingerprint density at radius 1 is 1.07 bits per heavy atom. The summed E-state index contributed by atoms with van der Waals surface area (Å²) in [6.07, 6.45) is -1.74. The number of rotatable bonds is 10. The van der Waals surface area contributed by atoms with E-state index >= 15 is 0 Å². The van der Waals surface area contributed by atoms with Gasteiger partial charge in [0.25, 0.3) is 5.91 Å². The molecule has 2 aromatic carbocycles. The number of piperazine rings is 1. The molecule has 1 aliphatic heterocycles. The minimum atomic E-state index is -4.48. The van der Waals surface area contributed by atoms with Crippen LogP contribution in [0.15, 0.2) is 65.6 Å². The number of pyridine rings is 1. The van der Waals surface area contributed by atoms with Crippen molar-refractivity contribution in [2.45, 2.75) is 49.0 Å². The highest BCUT2D eigenvalue weighted by Gasteiger charge is 2.44. The summed E-state index contributed by atoms with van der Waals surface area (Å²) < 4.78 is 42.3. The van der Waals surface area contributed by atoms with Crippen molar-refractivity contribution in [3.05, 3.63) is 82.5 Å². The third-order valence-electron chi connectivity index (χ3n) is 7.35. The van der Waals surface area contributed by atoms with Gasteiger partial charge in [0.05, 0.1) is 5.56 Å². The number of aromatic nitrogens is 1. The van der Waals surface area contributed by atoms with Crippen molar-refractivity contribution < 1.29 is 18.0 Å². The van der Waals surface area contributed by atoms with Crippen molar-refractivity contribution in [3.8, 4) is 0 Å². The number of nitrogens with zero attached hydrogens (tertiary/aromatic N) is 3. The lowest BCUT2D eigenvalue weighted by molar-refractivity contribution is -0.137. The average Bonchev–Trinajstić information content (AvgIpc) is 2.92. The van der Waals surface area contributed by atoms with E-state index in [0.29, 0.717) is 37.4 Å². The number of carbonyl (C=O) groups excluding carboxylic acids is 1. The summed E-state index contributed by atoms with van der Waals surface area (Å²) in [5, 5.41) is 6.12. The van der Waals surface area contributed by atoms with E-state index < -0.39 is 11.7 Å². The minimum absolute atomic E-state index is 0.0773. The number of amides is 1. The fraction of sp³-hybridized carbons (Fsp3) is 0.379. The second-order valence-corrected chi connectivity index (χ2v) is 11.7. The maximum Gasteiger partial charge on any atom is 0.416 e. The molecule has 0 radical (unpaired) electrons. The van der Waals surface area contributed by atoms with Crippen LogP contribution in [0.1, 0.15) is 40.7 Å². The smallest absolute Gasteiger partial charge is 0.351 e. The number of benzene rings is 2. The third-order valence-corrected chi connectivity index (χ3v) is 8.71. The quantitative estimate of drug-likeness (QED) is 0.153. The van der Waals surface area contributed by atoms with Crippen LogP contribution in [-0.2, 0) is 12.7 Å². The molecule has 2 unspecified atom stereocenters. The predicted molar refractivity (Wildman–Crippen MR) is 157 cm³/mol. The molecule has 2 aliphatic rings. The molecule has 1 aliphatic carbocycles. The summed E-state index contributed by atoms with van der Waals surface area (Å²) in [6.45, 7) is 3.36. The molecule has 2 heterocycles. The Balaban J connectivity index is 1.17. The molecule has 1 saturated carbocycles. The molecule has 3 aromatic rings. The van der Waals surface area contributed by atoms with E-state index in [2.05, 4.69) is 19.9 Å². The minimum Gasteiger partial charge on any atom is -0.351 e. The van der Waals surface area contributed by atoms with Gasteiger partial charge in [0.1, 0.15) is 11.0 Å². The number of hydrogen-bond acceptors (Lipinski definition) is 7. The first kappa shape index (κ1) is 29.7. The molecule has 41 heavy (non-hydrogen) atoms. The molecule has 5 rings (SSSR count). The van der Waals surface area contributed by atoms with Gasteiger partial charge in [0.2, 0.25) is 0 Å². The van der Waals surface area contributed by atoms with E-state index in [1.54, 1.807) is 18.0 Å². The summed E-state index contributed by atoms with van der Waals surface area (Å²) in [4.78, 5) is 20.0. The van der Waals surface area contributed by atoms with E-state index in [-0.39, 0.29) is 29.0 Å². The van der Waals surface area contributed by atoms with Crippen molar-refractivity contribution in [1.82, 2.24) is 14.6 Å². The first-order valence-electron chi connectivity index (χ1n) is 13.6. The normalized spacial score (nSPS) is 19.0.